The van der Waals surface area contributed by atoms with Crippen LogP contribution in [0.1, 0.15) is 64.2 Å². The number of hydrogen-bond donors (Lipinski definition) is 0. The van der Waals surface area contributed by atoms with Gasteiger partial charge in [-0.3, -0.25) is 0 Å². The Kier molecular flexibility index (Phi) is 2.93. The molecule has 0 heterocycles. The molecule has 2 nitrogen and oxygen atoms in total. The van der Waals surface area contributed by atoms with Gasteiger partial charge in [0, 0.05) is 0 Å². The lowest BCUT2D eigenvalue weighted by atomic mass is 9.54. The van der Waals surface area contributed by atoms with Crippen LogP contribution in [0.15, 0.2) is 9.98 Å². The summed E-state index contributed by atoms with van der Waals surface area (Å²) in [6.07, 6.45) is 14.7. The fraction of sp³-hybridized carbons (Fsp3) is 0.952. The molecule has 8 bridgehead atoms. The van der Waals surface area contributed by atoms with Crippen LogP contribution in [0.4, 0.5) is 0 Å². The minimum Gasteiger partial charge on any atom is -0.222 e. The molecule has 0 aromatic rings. The zero-order valence-corrected chi connectivity index (χ0v) is 14.2. The molecule has 0 radical (unpaired) electrons. The molecule has 0 N–H and O–H groups in total. The van der Waals surface area contributed by atoms with Gasteiger partial charge in [0.2, 0.25) is 0 Å². The number of rotatable bonds is 2. The maximum absolute atomic E-state index is 4.96. The molecule has 0 atom stereocenters. The number of nitrogens with zero attached hydrogens (tertiary/aromatic N) is 2. The molecule has 8 aliphatic carbocycles. The molecular formula is C21H30N2. The summed E-state index contributed by atoms with van der Waals surface area (Å²) in [5, 5.41) is 0. The van der Waals surface area contributed by atoms with E-state index in [0.717, 1.165) is 47.3 Å². The van der Waals surface area contributed by atoms with E-state index < -0.39 is 0 Å². The molecule has 124 valence electrons. The van der Waals surface area contributed by atoms with E-state index in [1.165, 1.54) is 64.2 Å². The van der Waals surface area contributed by atoms with Crippen LogP contribution < -0.4 is 0 Å². The second kappa shape index (κ2) is 4.94. The SMILES string of the molecule is C(=NC1C2CC3CC(C2)CC1C3)=NC1C2CC3CC(C2)CC1C3. The Morgan fingerprint density at radius 3 is 1.04 bits per heavy atom. The summed E-state index contributed by atoms with van der Waals surface area (Å²) in [4.78, 5) is 9.92. The standard InChI is InChI=1S/C21H30N2/c1-12-3-16-5-13(1)6-17(4-12)20(16)22-11-23-21-18-7-14-2-15(9-18)10-19(21)8-14/h12-21H,1-10H2. The van der Waals surface area contributed by atoms with Crippen LogP contribution in [0, 0.1) is 47.3 Å². The van der Waals surface area contributed by atoms with Crippen LogP contribution in [0.3, 0.4) is 0 Å². The van der Waals surface area contributed by atoms with Gasteiger partial charge in [-0.25, -0.2) is 9.98 Å². The molecule has 0 amide bonds. The zero-order valence-electron chi connectivity index (χ0n) is 14.2. The first-order valence-corrected chi connectivity index (χ1v) is 10.5. The van der Waals surface area contributed by atoms with E-state index in [2.05, 4.69) is 6.01 Å². The lowest BCUT2D eigenvalue weighted by Gasteiger charge is -2.53. The van der Waals surface area contributed by atoms with Crippen LogP contribution in [-0.4, -0.2) is 18.1 Å². The van der Waals surface area contributed by atoms with E-state index >= 15 is 0 Å². The summed E-state index contributed by atoms with van der Waals surface area (Å²) in [5.74, 6) is 7.71. The highest BCUT2D eigenvalue weighted by atomic mass is 14.9. The van der Waals surface area contributed by atoms with Gasteiger partial charge in [-0.05, 0) is 112 Å². The van der Waals surface area contributed by atoms with Gasteiger partial charge in [0.05, 0.1) is 18.1 Å². The smallest absolute Gasteiger partial charge is 0.0898 e. The average Bonchev–Trinajstić information content (AvgIpc) is 2.51. The highest BCUT2D eigenvalue weighted by Crippen LogP contribution is 2.55. The van der Waals surface area contributed by atoms with Gasteiger partial charge in [-0.1, -0.05) is 0 Å². The molecule has 2 heteroatoms. The second-order valence-corrected chi connectivity index (χ2v) is 10.2. The lowest BCUT2D eigenvalue weighted by Crippen LogP contribution is -2.47. The summed E-state index contributed by atoms with van der Waals surface area (Å²) in [6.45, 7) is 0. The molecular weight excluding hydrogens is 280 g/mol. The predicted molar refractivity (Wildman–Crippen MR) is 91.5 cm³/mol. The first-order valence-electron chi connectivity index (χ1n) is 10.5. The molecule has 0 saturated heterocycles. The van der Waals surface area contributed by atoms with Crippen LogP contribution in [0.25, 0.3) is 0 Å². The molecule has 0 aromatic heterocycles. The van der Waals surface area contributed by atoms with Crippen LogP contribution >= 0.6 is 0 Å². The summed E-state index contributed by atoms with van der Waals surface area (Å²) < 4.78 is 0. The van der Waals surface area contributed by atoms with Gasteiger partial charge in [0.25, 0.3) is 0 Å². The molecule has 8 aliphatic rings. The molecule has 8 rings (SSSR count). The molecule has 8 saturated carbocycles. The Labute approximate surface area is 140 Å². The van der Waals surface area contributed by atoms with Crippen molar-refractivity contribution in [3.63, 3.8) is 0 Å². The Bertz CT molecular complexity index is 456. The molecule has 23 heavy (non-hydrogen) atoms. The third-order valence-electron chi connectivity index (χ3n) is 8.77. The maximum Gasteiger partial charge on any atom is 0.0898 e. The van der Waals surface area contributed by atoms with Crippen molar-refractivity contribution < 1.29 is 0 Å². The van der Waals surface area contributed by atoms with Gasteiger partial charge in [0.1, 0.15) is 0 Å². The summed E-state index contributed by atoms with van der Waals surface area (Å²) in [5.41, 5.74) is 0. The van der Waals surface area contributed by atoms with Crippen molar-refractivity contribution in [2.24, 2.45) is 57.3 Å². The molecule has 8 fully saturated rings. The van der Waals surface area contributed by atoms with Crippen LogP contribution in [-0.2, 0) is 0 Å². The van der Waals surface area contributed by atoms with E-state index in [1.54, 1.807) is 0 Å². The third-order valence-corrected chi connectivity index (χ3v) is 8.77. The molecule has 0 aromatic carbocycles. The van der Waals surface area contributed by atoms with Crippen molar-refractivity contribution in [2.45, 2.75) is 76.3 Å². The Hall–Kier alpha value is -0.620. The van der Waals surface area contributed by atoms with Crippen molar-refractivity contribution in [2.75, 3.05) is 0 Å². The van der Waals surface area contributed by atoms with Crippen molar-refractivity contribution >= 4 is 6.01 Å². The van der Waals surface area contributed by atoms with Crippen molar-refractivity contribution in [1.82, 2.24) is 0 Å². The van der Waals surface area contributed by atoms with Crippen molar-refractivity contribution in [1.29, 1.82) is 0 Å². The van der Waals surface area contributed by atoms with Crippen LogP contribution in [0.2, 0.25) is 0 Å². The van der Waals surface area contributed by atoms with E-state index in [9.17, 15) is 0 Å². The highest BCUT2D eigenvalue weighted by molar-refractivity contribution is 5.43. The third kappa shape index (κ3) is 2.13. The van der Waals surface area contributed by atoms with Gasteiger partial charge >= 0.3 is 0 Å². The Balaban J connectivity index is 1.20. The van der Waals surface area contributed by atoms with Crippen LogP contribution in [0.5, 0.6) is 0 Å². The maximum atomic E-state index is 4.96. The first-order chi connectivity index (χ1) is 11.3. The van der Waals surface area contributed by atoms with E-state index in [1.807, 2.05) is 0 Å². The number of aliphatic imine (C=N–C) groups is 2. The highest BCUT2D eigenvalue weighted by Gasteiger charge is 2.49. The van der Waals surface area contributed by atoms with Gasteiger partial charge in [0.15, 0.2) is 0 Å². The minimum atomic E-state index is 0.586. The minimum absolute atomic E-state index is 0.586. The largest absolute Gasteiger partial charge is 0.222 e. The monoisotopic (exact) mass is 310 g/mol. The lowest BCUT2D eigenvalue weighted by molar-refractivity contribution is -0.000259. The van der Waals surface area contributed by atoms with Crippen molar-refractivity contribution in [3.8, 4) is 0 Å². The van der Waals surface area contributed by atoms with Gasteiger partial charge in [-0.2, -0.15) is 0 Å². The topological polar surface area (TPSA) is 24.7 Å². The summed E-state index contributed by atoms with van der Waals surface area (Å²) in [7, 11) is 0. The van der Waals surface area contributed by atoms with Gasteiger partial charge < -0.3 is 0 Å². The molecule has 0 spiro atoms. The van der Waals surface area contributed by atoms with Gasteiger partial charge in [-0.15, -0.1) is 0 Å². The fourth-order valence-electron chi connectivity index (χ4n) is 8.38. The quantitative estimate of drug-likeness (QED) is 0.654. The molecule has 0 aliphatic heterocycles. The Morgan fingerprint density at radius 2 is 0.739 bits per heavy atom. The second-order valence-electron chi connectivity index (χ2n) is 10.2. The van der Waals surface area contributed by atoms with Crippen molar-refractivity contribution in [3.05, 3.63) is 0 Å². The summed E-state index contributed by atoms with van der Waals surface area (Å²) in [6, 6.07) is 4.46. The average molecular weight is 310 g/mol. The predicted octanol–water partition coefficient (Wildman–Crippen LogP) is 4.81. The Morgan fingerprint density at radius 1 is 0.435 bits per heavy atom. The fourth-order valence-corrected chi connectivity index (χ4v) is 8.38. The molecule has 0 unspecified atom stereocenters. The normalized spacial score (nSPS) is 58.3. The first kappa shape index (κ1) is 13.6. The number of hydrogen-bond acceptors (Lipinski definition) is 2. The zero-order chi connectivity index (χ0) is 15.0. The summed E-state index contributed by atoms with van der Waals surface area (Å²) >= 11 is 0. The van der Waals surface area contributed by atoms with E-state index in [-0.39, 0.29) is 0 Å². The van der Waals surface area contributed by atoms with E-state index in [0.29, 0.717) is 12.1 Å². The van der Waals surface area contributed by atoms with E-state index in [4.69, 9.17) is 9.98 Å².